The quantitative estimate of drug-likeness (QED) is 0.550. The van der Waals surface area contributed by atoms with Crippen molar-refractivity contribution in [1.82, 2.24) is 10.6 Å². The van der Waals surface area contributed by atoms with Crippen LogP contribution in [0.1, 0.15) is 34.0 Å². The summed E-state index contributed by atoms with van der Waals surface area (Å²) in [6, 6.07) is 21.7. The molecule has 0 bridgehead atoms. The summed E-state index contributed by atoms with van der Waals surface area (Å²) < 4.78 is 5.78. The average Bonchev–Trinajstić information content (AvgIpc) is 3.20. The molecule has 0 saturated heterocycles. The number of benzene rings is 3. The molecular weight excluding hydrogens is 400 g/mol. The van der Waals surface area contributed by atoms with E-state index in [1.165, 1.54) is 17.2 Å². The van der Waals surface area contributed by atoms with Crippen molar-refractivity contribution in [3.63, 3.8) is 0 Å². The molecule has 5 heteroatoms. The summed E-state index contributed by atoms with van der Waals surface area (Å²) in [4.78, 5) is 23.7. The highest BCUT2D eigenvalue weighted by molar-refractivity contribution is 5.94. The van der Waals surface area contributed by atoms with E-state index in [9.17, 15) is 9.59 Å². The second-order valence-electron chi connectivity index (χ2n) is 7.95. The van der Waals surface area contributed by atoms with Gasteiger partial charge in [0.15, 0.2) is 0 Å². The van der Waals surface area contributed by atoms with Gasteiger partial charge >= 0.3 is 0 Å². The van der Waals surface area contributed by atoms with Gasteiger partial charge in [0.1, 0.15) is 11.9 Å². The van der Waals surface area contributed by atoms with E-state index in [1.807, 2.05) is 30.3 Å². The summed E-state index contributed by atoms with van der Waals surface area (Å²) in [5.41, 5.74) is 6.09. The van der Waals surface area contributed by atoms with E-state index in [0.717, 1.165) is 28.9 Å². The molecule has 1 aliphatic rings. The molecule has 0 fully saturated rings. The third-order valence-electron chi connectivity index (χ3n) is 5.50. The van der Waals surface area contributed by atoms with E-state index in [1.54, 1.807) is 12.1 Å². The van der Waals surface area contributed by atoms with E-state index in [4.69, 9.17) is 4.74 Å². The Hall–Kier alpha value is -3.86. The molecule has 5 nitrogen and oxygen atoms in total. The van der Waals surface area contributed by atoms with E-state index < -0.39 is 0 Å². The summed E-state index contributed by atoms with van der Waals surface area (Å²) in [5.74, 6) is 0.622. The third kappa shape index (κ3) is 5.06. The fourth-order valence-electron chi connectivity index (χ4n) is 3.74. The number of carbonyl (C=O) groups excluding carboxylic acids is 2. The molecule has 0 spiro atoms. The molecule has 0 aromatic heterocycles. The Balaban J connectivity index is 1.32. The van der Waals surface area contributed by atoms with Crippen molar-refractivity contribution in [2.24, 2.45) is 0 Å². The highest BCUT2D eigenvalue weighted by atomic mass is 16.5. The average molecular weight is 427 g/mol. The molecule has 32 heavy (non-hydrogen) atoms. The highest BCUT2D eigenvalue weighted by Crippen LogP contribution is 2.32. The SMILES string of the molecule is C=CC(=O)NCc1ccc(C(=O)NCc2ccc(-c3ccc4c(c3)CC(C)O4)cc2)cc1. The lowest BCUT2D eigenvalue weighted by Crippen LogP contribution is -2.23. The number of amides is 2. The van der Waals surface area contributed by atoms with E-state index in [2.05, 4.69) is 48.4 Å². The minimum atomic E-state index is -0.224. The van der Waals surface area contributed by atoms with Crippen LogP contribution in [0.4, 0.5) is 0 Å². The maximum Gasteiger partial charge on any atom is 0.251 e. The van der Waals surface area contributed by atoms with Crippen molar-refractivity contribution in [2.45, 2.75) is 32.5 Å². The lowest BCUT2D eigenvalue weighted by molar-refractivity contribution is -0.116. The second kappa shape index (κ2) is 9.52. The van der Waals surface area contributed by atoms with E-state index in [0.29, 0.717) is 18.7 Å². The lowest BCUT2D eigenvalue weighted by Gasteiger charge is -2.09. The molecule has 0 aliphatic carbocycles. The molecule has 3 aromatic rings. The van der Waals surface area contributed by atoms with Gasteiger partial charge in [0.25, 0.3) is 5.91 Å². The van der Waals surface area contributed by atoms with Gasteiger partial charge in [-0.2, -0.15) is 0 Å². The Labute approximate surface area is 188 Å². The molecular formula is C27H26N2O3. The summed E-state index contributed by atoms with van der Waals surface area (Å²) >= 11 is 0. The first-order valence-electron chi connectivity index (χ1n) is 10.7. The lowest BCUT2D eigenvalue weighted by atomic mass is 10.00. The van der Waals surface area contributed by atoms with Gasteiger partial charge in [-0.1, -0.05) is 49.0 Å². The summed E-state index contributed by atoms with van der Waals surface area (Å²) in [6.45, 7) is 6.35. The predicted octanol–water partition coefficient (Wildman–Crippen LogP) is 4.41. The van der Waals surface area contributed by atoms with Crippen LogP contribution in [-0.4, -0.2) is 17.9 Å². The number of nitrogens with one attached hydrogen (secondary N) is 2. The van der Waals surface area contributed by atoms with Crippen LogP contribution in [0.15, 0.2) is 79.4 Å². The Morgan fingerprint density at radius 2 is 1.56 bits per heavy atom. The number of hydrogen-bond acceptors (Lipinski definition) is 3. The molecule has 1 heterocycles. The summed E-state index contributed by atoms with van der Waals surface area (Å²) in [6.07, 6.45) is 2.41. The molecule has 2 amide bonds. The fraction of sp³-hybridized carbons (Fsp3) is 0.185. The summed E-state index contributed by atoms with van der Waals surface area (Å²) in [7, 11) is 0. The maximum atomic E-state index is 12.5. The Morgan fingerprint density at radius 3 is 2.25 bits per heavy atom. The van der Waals surface area contributed by atoms with Crippen molar-refractivity contribution in [2.75, 3.05) is 0 Å². The van der Waals surface area contributed by atoms with Crippen LogP contribution < -0.4 is 15.4 Å². The topological polar surface area (TPSA) is 67.4 Å². The van der Waals surface area contributed by atoms with Gasteiger partial charge in [0.2, 0.25) is 5.91 Å². The summed E-state index contributed by atoms with van der Waals surface area (Å²) in [5, 5.41) is 5.66. The van der Waals surface area contributed by atoms with Gasteiger partial charge in [-0.25, -0.2) is 0 Å². The van der Waals surface area contributed by atoms with Gasteiger partial charge < -0.3 is 15.4 Å². The first-order chi connectivity index (χ1) is 15.5. The molecule has 4 rings (SSSR count). The smallest absolute Gasteiger partial charge is 0.251 e. The zero-order valence-electron chi connectivity index (χ0n) is 18.1. The van der Waals surface area contributed by atoms with Crippen LogP contribution in [0, 0.1) is 0 Å². The van der Waals surface area contributed by atoms with Gasteiger partial charge in [-0.3, -0.25) is 9.59 Å². The number of hydrogen-bond donors (Lipinski definition) is 2. The normalized spacial score (nSPS) is 14.2. The number of ether oxygens (including phenoxy) is 1. The van der Waals surface area contributed by atoms with E-state index in [-0.39, 0.29) is 17.9 Å². The zero-order valence-corrected chi connectivity index (χ0v) is 18.1. The van der Waals surface area contributed by atoms with Crippen LogP contribution in [0.2, 0.25) is 0 Å². The number of carbonyl (C=O) groups is 2. The Morgan fingerprint density at radius 1 is 0.938 bits per heavy atom. The Bertz CT molecular complexity index is 1130. The van der Waals surface area contributed by atoms with Crippen LogP contribution >= 0.6 is 0 Å². The monoisotopic (exact) mass is 426 g/mol. The maximum absolute atomic E-state index is 12.5. The van der Waals surface area contributed by atoms with Crippen molar-refractivity contribution in [3.8, 4) is 16.9 Å². The van der Waals surface area contributed by atoms with Crippen molar-refractivity contribution < 1.29 is 14.3 Å². The Kier molecular flexibility index (Phi) is 6.36. The minimum absolute atomic E-state index is 0.136. The standard InChI is InChI=1S/C27H26N2O3/c1-3-26(30)28-16-19-6-10-22(11-7-19)27(31)29-17-20-4-8-21(9-5-20)23-12-13-25-24(15-23)14-18(2)32-25/h3-13,15,18H,1,14,16-17H2,2H3,(H,28,30)(H,29,31). The van der Waals surface area contributed by atoms with Crippen LogP contribution in [0.25, 0.3) is 11.1 Å². The van der Waals surface area contributed by atoms with Gasteiger partial charge in [0.05, 0.1) is 0 Å². The highest BCUT2D eigenvalue weighted by Gasteiger charge is 2.19. The van der Waals surface area contributed by atoms with Crippen molar-refractivity contribution in [3.05, 3.63) is 102 Å². The first-order valence-corrected chi connectivity index (χ1v) is 10.7. The van der Waals surface area contributed by atoms with Gasteiger partial charge in [-0.05, 0) is 65.1 Å². The minimum Gasteiger partial charge on any atom is -0.490 e. The van der Waals surface area contributed by atoms with Crippen LogP contribution in [0.3, 0.4) is 0 Å². The van der Waals surface area contributed by atoms with Crippen LogP contribution in [-0.2, 0) is 24.3 Å². The molecule has 0 radical (unpaired) electrons. The number of fused-ring (bicyclic) bond motifs is 1. The second-order valence-corrected chi connectivity index (χ2v) is 7.95. The molecule has 0 saturated carbocycles. The van der Waals surface area contributed by atoms with Crippen molar-refractivity contribution >= 4 is 11.8 Å². The predicted molar refractivity (Wildman–Crippen MR) is 125 cm³/mol. The van der Waals surface area contributed by atoms with Gasteiger partial charge in [0, 0.05) is 25.1 Å². The molecule has 3 aromatic carbocycles. The molecule has 1 atom stereocenters. The third-order valence-corrected chi connectivity index (χ3v) is 5.50. The molecule has 162 valence electrons. The fourth-order valence-corrected chi connectivity index (χ4v) is 3.74. The zero-order chi connectivity index (χ0) is 22.5. The van der Waals surface area contributed by atoms with E-state index >= 15 is 0 Å². The van der Waals surface area contributed by atoms with Gasteiger partial charge in [-0.15, -0.1) is 0 Å². The largest absolute Gasteiger partial charge is 0.490 e. The van der Waals surface area contributed by atoms with Crippen molar-refractivity contribution in [1.29, 1.82) is 0 Å². The molecule has 1 aliphatic heterocycles. The number of rotatable bonds is 7. The van der Waals surface area contributed by atoms with Crippen LogP contribution in [0.5, 0.6) is 5.75 Å². The first kappa shape index (κ1) is 21.4. The molecule has 2 N–H and O–H groups in total. The molecule has 1 unspecified atom stereocenters.